The minimum absolute atomic E-state index is 0.160. The number of fused-ring (bicyclic) bond motifs is 1. The molecule has 0 spiro atoms. The van der Waals surface area contributed by atoms with Crippen molar-refractivity contribution in [2.45, 2.75) is 13.8 Å². The predicted octanol–water partition coefficient (Wildman–Crippen LogP) is 5.73. The molecule has 0 bridgehead atoms. The van der Waals surface area contributed by atoms with Crippen molar-refractivity contribution in [3.63, 3.8) is 0 Å². The number of aromatic nitrogens is 2. The number of amides is 1. The molecule has 142 valence electrons. The number of halogens is 1. The van der Waals surface area contributed by atoms with Gasteiger partial charge >= 0.3 is 0 Å². The van der Waals surface area contributed by atoms with Gasteiger partial charge in [0.15, 0.2) is 0 Å². The zero-order valence-electron chi connectivity index (χ0n) is 15.6. The van der Waals surface area contributed by atoms with Crippen LogP contribution in [0.4, 0.5) is 5.69 Å². The average molecular weight is 456 g/mol. The molecule has 0 aliphatic rings. The molecule has 4 aromatic rings. The summed E-state index contributed by atoms with van der Waals surface area (Å²) in [4.78, 5) is 14.4. The predicted molar refractivity (Wildman–Crippen MR) is 117 cm³/mol. The van der Waals surface area contributed by atoms with Gasteiger partial charge in [-0.25, -0.2) is 4.68 Å². The minimum atomic E-state index is -0.160. The monoisotopic (exact) mass is 455 g/mol. The lowest BCUT2D eigenvalue weighted by Gasteiger charge is -2.10. The van der Waals surface area contributed by atoms with Crippen molar-refractivity contribution in [3.05, 3.63) is 69.1 Å². The van der Waals surface area contributed by atoms with E-state index < -0.39 is 0 Å². The molecule has 1 N–H and O–H groups in total. The smallest absolute Gasteiger partial charge is 0.265 e. The largest absolute Gasteiger partial charge is 0.495 e. The van der Waals surface area contributed by atoms with Gasteiger partial charge in [-0.2, -0.15) is 5.10 Å². The van der Waals surface area contributed by atoms with Crippen LogP contribution in [-0.4, -0.2) is 22.8 Å². The first-order valence-electron chi connectivity index (χ1n) is 8.67. The van der Waals surface area contributed by atoms with Crippen molar-refractivity contribution in [3.8, 4) is 11.4 Å². The van der Waals surface area contributed by atoms with E-state index >= 15 is 0 Å². The molecule has 0 unspecified atom stereocenters. The van der Waals surface area contributed by atoms with Gasteiger partial charge in [-0.05, 0) is 61.9 Å². The van der Waals surface area contributed by atoms with E-state index in [2.05, 4.69) is 26.3 Å². The van der Waals surface area contributed by atoms with Gasteiger partial charge in [0.25, 0.3) is 5.91 Å². The van der Waals surface area contributed by atoms with Crippen LogP contribution in [0.2, 0.25) is 0 Å². The highest BCUT2D eigenvalue weighted by Gasteiger charge is 2.18. The molecule has 5 nitrogen and oxygen atoms in total. The van der Waals surface area contributed by atoms with Gasteiger partial charge in [-0.15, -0.1) is 11.3 Å². The highest BCUT2D eigenvalue weighted by Crippen LogP contribution is 2.32. The Morgan fingerprint density at radius 2 is 1.89 bits per heavy atom. The van der Waals surface area contributed by atoms with E-state index in [1.165, 1.54) is 11.3 Å². The van der Waals surface area contributed by atoms with Crippen LogP contribution in [0.1, 0.15) is 20.9 Å². The summed E-state index contributed by atoms with van der Waals surface area (Å²) < 4.78 is 8.25. The highest BCUT2D eigenvalue weighted by atomic mass is 79.9. The maximum absolute atomic E-state index is 12.9. The lowest BCUT2D eigenvalue weighted by molar-refractivity contribution is 0.103. The Bertz CT molecular complexity index is 1180. The number of rotatable bonds is 4. The summed E-state index contributed by atoms with van der Waals surface area (Å²) in [6, 6.07) is 15.5. The molecule has 0 aliphatic heterocycles. The summed E-state index contributed by atoms with van der Waals surface area (Å²) in [7, 11) is 1.59. The van der Waals surface area contributed by atoms with Gasteiger partial charge in [-0.1, -0.05) is 22.0 Å². The third kappa shape index (κ3) is 3.43. The number of hydrogen-bond acceptors (Lipinski definition) is 4. The summed E-state index contributed by atoms with van der Waals surface area (Å²) in [6.07, 6.45) is 0. The van der Waals surface area contributed by atoms with E-state index in [4.69, 9.17) is 4.74 Å². The molecule has 0 fully saturated rings. The van der Waals surface area contributed by atoms with Gasteiger partial charge in [0.2, 0.25) is 0 Å². The normalized spacial score (nSPS) is 11.0. The Hall–Kier alpha value is -2.64. The second-order valence-electron chi connectivity index (χ2n) is 6.46. The van der Waals surface area contributed by atoms with Crippen LogP contribution < -0.4 is 10.1 Å². The first-order chi connectivity index (χ1) is 13.5. The van der Waals surface area contributed by atoms with Gasteiger partial charge < -0.3 is 10.1 Å². The van der Waals surface area contributed by atoms with E-state index in [0.29, 0.717) is 16.3 Å². The molecule has 0 aliphatic carbocycles. The zero-order chi connectivity index (χ0) is 19.8. The molecule has 0 saturated heterocycles. The molecule has 0 atom stereocenters. The molecule has 2 heterocycles. The van der Waals surface area contributed by atoms with Crippen molar-refractivity contribution < 1.29 is 9.53 Å². The van der Waals surface area contributed by atoms with Gasteiger partial charge in [0.05, 0.1) is 29.1 Å². The molecule has 4 rings (SSSR count). The number of hydrogen-bond donors (Lipinski definition) is 1. The summed E-state index contributed by atoms with van der Waals surface area (Å²) >= 11 is 4.88. The number of aryl methyl sites for hydroxylation is 2. The number of nitrogens with one attached hydrogen (secondary N) is 1. The van der Waals surface area contributed by atoms with Crippen molar-refractivity contribution in [1.82, 2.24) is 9.78 Å². The summed E-state index contributed by atoms with van der Waals surface area (Å²) in [5.74, 6) is 0.476. The molecular formula is C21H18BrN3O2S. The van der Waals surface area contributed by atoms with Crippen LogP contribution in [0.5, 0.6) is 5.75 Å². The van der Waals surface area contributed by atoms with Crippen molar-refractivity contribution >= 4 is 49.1 Å². The summed E-state index contributed by atoms with van der Waals surface area (Å²) in [5, 5.41) is 8.58. The SMILES string of the molecule is COc1ccc(C)cc1NC(=O)c1cc2c(C)nn(-c3ccc(Br)cc3)c2s1. The van der Waals surface area contributed by atoms with E-state index in [1.54, 1.807) is 7.11 Å². The summed E-state index contributed by atoms with van der Waals surface area (Å²) in [5.41, 5.74) is 3.56. The Kier molecular flexibility index (Phi) is 4.95. The topological polar surface area (TPSA) is 56.1 Å². The van der Waals surface area contributed by atoms with Crippen LogP contribution in [0, 0.1) is 13.8 Å². The number of ether oxygens (including phenoxy) is 1. The standard InChI is InChI=1S/C21H18BrN3O2S/c1-12-4-9-18(27-3)17(10-12)23-20(26)19-11-16-13(2)24-25(21(16)28-19)15-7-5-14(22)6-8-15/h4-11H,1-3H3,(H,23,26). The quantitative estimate of drug-likeness (QED) is 0.427. The maximum Gasteiger partial charge on any atom is 0.265 e. The Morgan fingerprint density at radius 1 is 1.14 bits per heavy atom. The van der Waals surface area contributed by atoms with Crippen LogP contribution in [0.3, 0.4) is 0 Å². The van der Waals surface area contributed by atoms with Crippen LogP contribution in [0.15, 0.2) is 53.0 Å². The minimum Gasteiger partial charge on any atom is -0.495 e. The second-order valence-corrected chi connectivity index (χ2v) is 8.41. The molecule has 7 heteroatoms. The van der Waals surface area contributed by atoms with Crippen LogP contribution >= 0.6 is 27.3 Å². The number of anilines is 1. The van der Waals surface area contributed by atoms with E-state index in [0.717, 1.165) is 31.6 Å². The summed E-state index contributed by atoms with van der Waals surface area (Å²) in [6.45, 7) is 3.93. The molecule has 0 saturated carbocycles. The van der Waals surface area contributed by atoms with Gasteiger partial charge in [0.1, 0.15) is 10.6 Å². The fraction of sp³-hybridized carbons (Fsp3) is 0.143. The second kappa shape index (κ2) is 7.41. The number of thiophene rings is 1. The molecule has 2 aromatic heterocycles. The molecular weight excluding hydrogens is 438 g/mol. The Morgan fingerprint density at radius 3 is 2.61 bits per heavy atom. The third-order valence-corrected chi connectivity index (χ3v) is 6.08. The Balaban J connectivity index is 1.70. The first kappa shape index (κ1) is 18.7. The number of carbonyl (C=O) groups excluding carboxylic acids is 1. The number of carbonyl (C=O) groups is 1. The highest BCUT2D eigenvalue weighted by molar-refractivity contribution is 9.10. The van der Waals surface area contributed by atoms with E-state index in [9.17, 15) is 4.79 Å². The Labute approximate surface area is 175 Å². The molecule has 2 aromatic carbocycles. The van der Waals surface area contributed by atoms with Crippen LogP contribution in [-0.2, 0) is 0 Å². The number of methoxy groups -OCH3 is 1. The van der Waals surface area contributed by atoms with Gasteiger partial charge in [0, 0.05) is 9.86 Å². The third-order valence-electron chi connectivity index (χ3n) is 4.44. The molecule has 1 amide bonds. The fourth-order valence-electron chi connectivity index (χ4n) is 3.02. The fourth-order valence-corrected chi connectivity index (χ4v) is 4.36. The molecule has 28 heavy (non-hydrogen) atoms. The van der Waals surface area contributed by atoms with Crippen LogP contribution in [0.25, 0.3) is 15.9 Å². The number of benzene rings is 2. The first-order valence-corrected chi connectivity index (χ1v) is 10.3. The van der Waals surface area contributed by atoms with Crippen molar-refractivity contribution in [2.75, 3.05) is 12.4 Å². The molecule has 0 radical (unpaired) electrons. The number of nitrogens with zero attached hydrogens (tertiary/aromatic N) is 2. The van der Waals surface area contributed by atoms with Crippen molar-refractivity contribution in [1.29, 1.82) is 0 Å². The zero-order valence-corrected chi connectivity index (χ0v) is 18.0. The lowest BCUT2D eigenvalue weighted by atomic mass is 10.2. The lowest BCUT2D eigenvalue weighted by Crippen LogP contribution is -2.11. The van der Waals surface area contributed by atoms with E-state index in [-0.39, 0.29) is 5.91 Å². The maximum atomic E-state index is 12.9. The average Bonchev–Trinajstić information content (AvgIpc) is 3.24. The van der Waals surface area contributed by atoms with Crippen molar-refractivity contribution in [2.24, 2.45) is 0 Å². The van der Waals surface area contributed by atoms with Gasteiger partial charge in [-0.3, -0.25) is 4.79 Å². The van der Waals surface area contributed by atoms with E-state index in [1.807, 2.05) is 67.1 Å².